The first-order valence-electron chi connectivity index (χ1n) is 7.88. The highest BCUT2D eigenvalue weighted by Crippen LogP contribution is 2.34. The molecule has 0 aliphatic rings. The summed E-state index contributed by atoms with van der Waals surface area (Å²) >= 11 is 1.31. The van der Waals surface area contributed by atoms with Gasteiger partial charge in [0.1, 0.15) is 0 Å². The molecule has 7 heteroatoms. The maximum atomic E-state index is 12.4. The monoisotopic (exact) mass is 363 g/mol. The van der Waals surface area contributed by atoms with Gasteiger partial charge in [0, 0.05) is 12.1 Å². The standard InChI is InChI=1S/C18H21NO5S/c1-4-5-8-24-18(21)12-10-14(22-2)15(23-3)11-13(12)19-17(20)16-7-6-9-25-16/h6-7,9-11H,4-5,8H2,1-3H3,(H,19,20). The quantitative estimate of drug-likeness (QED) is 0.567. The van der Waals surface area contributed by atoms with Crippen LogP contribution < -0.4 is 14.8 Å². The van der Waals surface area contributed by atoms with Gasteiger partial charge in [0.2, 0.25) is 0 Å². The Labute approximate surface area is 150 Å². The summed E-state index contributed by atoms with van der Waals surface area (Å²) in [5.74, 6) is -0.0196. The highest BCUT2D eigenvalue weighted by atomic mass is 32.1. The Bertz CT molecular complexity index is 727. The van der Waals surface area contributed by atoms with Crippen molar-refractivity contribution in [3.8, 4) is 11.5 Å². The van der Waals surface area contributed by atoms with Crippen molar-refractivity contribution in [2.24, 2.45) is 0 Å². The number of carbonyl (C=O) groups excluding carboxylic acids is 2. The number of hydrogen-bond acceptors (Lipinski definition) is 6. The van der Waals surface area contributed by atoms with Crippen molar-refractivity contribution in [1.82, 2.24) is 0 Å². The first kappa shape index (κ1) is 18.8. The zero-order valence-corrected chi connectivity index (χ0v) is 15.3. The van der Waals surface area contributed by atoms with Gasteiger partial charge >= 0.3 is 5.97 Å². The van der Waals surface area contributed by atoms with E-state index in [-0.39, 0.29) is 11.5 Å². The zero-order valence-electron chi connectivity index (χ0n) is 14.5. The van der Waals surface area contributed by atoms with E-state index >= 15 is 0 Å². The number of unbranched alkanes of at least 4 members (excludes halogenated alkanes) is 1. The second kappa shape index (κ2) is 9.08. The van der Waals surface area contributed by atoms with Gasteiger partial charge in [-0.05, 0) is 17.9 Å². The van der Waals surface area contributed by atoms with Gasteiger partial charge in [0.05, 0.1) is 37.0 Å². The fraction of sp³-hybridized carbons (Fsp3) is 0.333. The van der Waals surface area contributed by atoms with Gasteiger partial charge < -0.3 is 19.5 Å². The summed E-state index contributed by atoms with van der Waals surface area (Å²) in [6, 6.07) is 6.56. The van der Waals surface area contributed by atoms with Crippen LogP contribution in [0.2, 0.25) is 0 Å². The first-order valence-corrected chi connectivity index (χ1v) is 8.76. The number of esters is 1. The zero-order chi connectivity index (χ0) is 18.2. The van der Waals surface area contributed by atoms with E-state index in [1.54, 1.807) is 18.2 Å². The lowest BCUT2D eigenvalue weighted by Crippen LogP contribution is -2.16. The Balaban J connectivity index is 2.33. The lowest BCUT2D eigenvalue weighted by Gasteiger charge is -2.15. The van der Waals surface area contributed by atoms with Gasteiger partial charge in [0.25, 0.3) is 5.91 Å². The molecule has 0 saturated carbocycles. The van der Waals surface area contributed by atoms with Crippen molar-refractivity contribution in [2.45, 2.75) is 19.8 Å². The molecule has 2 rings (SSSR count). The highest BCUT2D eigenvalue weighted by Gasteiger charge is 2.20. The van der Waals surface area contributed by atoms with Crippen molar-refractivity contribution in [2.75, 3.05) is 26.1 Å². The second-order valence-electron chi connectivity index (χ2n) is 5.17. The molecule has 0 aliphatic carbocycles. The lowest BCUT2D eigenvalue weighted by molar-refractivity contribution is 0.0500. The van der Waals surface area contributed by atoms with E-state index in [2.05, 4.69) is 5.32 Å². The summed E-state index contributed by atoms with van der Waals surface area (Å²) < 4.78 is 15.8. The number of benzene rings is 1. The number of methoxy groups -OCH3 is 2. The average molecular weight is 363 g/mol. The molecule has 0 fully saturated rings. The molecule has 2 aromatic rings. The van der Waals surface area contributed by atoms with Gasteiger partial charge in [-0.2, -0.15) is 0 Å². The third-order valence-electron chi connectivity index (χ3n) is 3.47. The van der Waals surface area contributed by atoms with E-state index < -0.39 is 5.97 Å². The van der Waals surface area contributed by atoms with Crippen molar-refractivity contribution in [3.05, 3.63) is 40.1 Å². The Kier molecular flexibility index (Phi) is 6.82. The number of nitrogens with one attached hydrogen (secondary N) is 1. The highest BCUT2D eigenvalue weighted by molar-refractivity contribution is 7.12. The SMILES string of the molecule is CCCCOC(=O)c1cc(OC)c(OC)cc1NC(=O)c1cccs1. The first-order chi connectivity index (χ1) is 12.1. The number of ether oxygens (including phenoxy) is 3. The van der Waals surface area contributed by atoms with Crippen molar-refractivity contribution in [1.29, 1.82) is 0 Å². The molecular formula is C18H21NO5S. The van der Waals surface area contributed by atoms with Crippen LogP contribution in [0.25, 0.3) is 0 Å². The molecular weight excluding hydrogens is 342 g/mol. The molecule has 25 heavy (non-hydrogen) atoms. The number of rotatable bonds is 8. The van der Waals surface area contributed by atoms with Gasteiger partial charge in [-0.15, -0.1) is 11.3 Å². The minimum atomic E-state index is -0.518. The molecule has 0 saturated heterocycles. The van der Waals surface area contributed by atoms with Gasteiger partial charge in [0.15, 0.2) is 11.5 Å². The lowest BCUT2D eigenvalue weighted by atomic mass is 10.1. The van der Waals surface area contributed by atoms with E-state index in [0.717, 1.165) is 12.8 Å². The normalized spacial score (nSPS) is 10.2. The molecule has 0 radical (unpaired) electrons. The Hall–Kier alpha value is -2.54. The Morgan fingerprint density at radius 3 is 2.48 bits per heavy atom. The fourth-order valence-corrected chi connectivity index (χ4v) is 2.75. The molecule has 0 atom stereocenters. The largest absolute Gasteiger partial charge is 0.493 e. The predicted molar refractivity (Wildman–Crippen MR) is 97.0 cm³/mol. The molecule has 1 aromatic heterocycles. The molecule has 6 nitrogen and oxygen atoms in total. The number of carbonyl (C=O) groups is 2. The summed E-state index contributed by atoms with van der Waals surface area (Å²) in [5.41, 5.74) is 0.538. The minimum absolute atomic E-state index is 0.221. The summed E-state index contributed by atoms with van der Waals surface area (Å²) in [4.78, 5) is 25.3. The molecule has 1 heterocycles. The number of thiophene rings is 1. The molecule has 1 amide bonds. The molecule has 0 spiro atoms. The molecule has 1 aromatic carbocycles. The van der Waals surface area contributed by atoms with Crippen molar-refractivity contribution in [3.63, 3.8) is 0 Å². The molecule has 0 aliphatic heterocycles. The van der Waals surface area contributed by atoms with Crippen LogP contribution in [0.5, 0.6) is 11.5 Å². The van der Waals surface area contributed by atoms with Crippen LogP contribution in [0.15, 0.2) is 29.6 Å². The molecule has 0 unspecified atom stereocenters. The summed E-state index contributed by atoms with van der Waals surface area (Å²) in [6.07, 6.45) is 1.69. The Morgan fingerprint density at radius 1 is 1.16 bits per heavy atom. The number of anilines is 1. The maximum absolute atomic E-state index is 12.4. The van der Waals surface area contributed by atoms with Crippen LogP contribution >= 0.6 is 11.3 Å². The van der Waals surface area contributed by atoms with E-state index in [1.165, 1.54) is 31.6 Å². The summed E-state index contributed by atoms with van der Waals surface area (Å²) in [6.45, 7) is 2.33. The smallest absolute Gasteiger partial charge is 0.340 e. The third kappa shape index (κ3) is 4.73. The maximum Gasteiger partial charge on any atom is 0.340 e. The van der Waals surface area contributed by atoms with Crippen LogP contribution in [0.1, 0.15) is 39.8 Å². The Morgan fingerprint density at radius 2 is 1.88 bits per heavy atom. The van der Waals surface area contributed by atoms with Crippen LogP contribution in [0.3, 0.4) is 0 Å². The summed E-state index contributed by atoms with van der Waals surface area (Å²) in [7, 11) is 2.97. The van der Waals surface area contributed by atoms with Gasteiger partial charge in [-0.25, -0.2) is 4.79 Å². The fourth-order valence-electron chi connectivity index (χ4n) is 2.13. The van der Waals surface area contributed by atoms with Crippen molar-refractivity contribution >= 4 is 28.9 Å². The van der Waals surface area contributed by atoms with Crippen LogP contribution in [0, 0.1) is 0 Å². The topological polar surface area (TPSA) is 73.9 Å². The molecule has 0 bridgehead atoms. The minimum Gasteiger partial charge on any atom is -0.493 e. The van der Waals surface area contributed by atoms with E-state index in [4.69, 9.17) is 14.2 Å². The van der Waals surface area contributed by atoms with Gasteiger partial charge in [-0.1, -0.05) is 19.4 Å². The molecule has 1 N–H and O–H groups in total. The van der Waals surface area contributed by atoms with E-state index in [1.807, 2.05) is 12.3 Å². The second-order valence-corrected chi connectivity index (χ2v) is 6.12. The molecule has 134 valence electrons. The van der Waals surface area contributed by atoms with Crippen LogP contribution in [0.4, 0.5) is 5.69 Å². The predicted octanol–water partition coefficient (Wildman–Crippen LogP) is 3.97. The van der Waals surface area contributed by atoms with Crippen LogP contribution in [-0.4, -0.2) is 32.7 Å². The van der Waals surface area contributed by atoms with Crippen molar-refractivity contribution < 1.29 is 23.8 Å². The number of hydrogen-bond donors (Lipinski definition) is 1. The third-order valence-corrected chi connectivity index (χ3v) is 4.34. The average Bonchev–Trinajstić information content (AvgIpc) is 3.16. The van der Waals surface area contributed by atoms with E-state index in [9.17, 15) is 9.59 Å². The summed E-state index contributed by atoms with van der Waals surface area (Å²) in [5, 5.41) is 4.55. The van der Waals surface area contributed by atoms with Gasteiger partial charge in [-0.3, -0.25) is 4.79 Å². The van der Waals surface area contributed by atoms with Crippen LogP contribution in [-0.2, 0) is 4.74 Å². The number of amides is 1. The van der Waals surface area contributed by atoms with E-state index in [0.29, 0.717) is 28.7 Å².